The summed E-state index contributed by atoms with van der Waals surface area (Å²) in [7, 11) is 0. The number of amides is 1. The molecule has 1 aliphatic heterocycles. The number of hydrogen-bond acceptors (Lipinski definition) is 4. The lowest BCUT2D eigenvalue weighted by atomic mass is 10.0. The Hall–Kier alpha value is -3.94. The number of anilines is 1. The number of rotatable bonds is 3. The van der Waals surface area contributed by atoms with E-state index in [2.05, 4.69) is 22.0 Å². The lowest BCUT2D eigenvalue weighted by molar-refractivity contribution is -0.137. The van der Waals surface area contributed by atoms with Crippen LogP contribution in [0, 0.1) is 0 Å². The molecule has 4 aromatic rings. The first-order valence-corrected chi connectivity index (χ1v) is 11.8. The molecule has 36 heavy (non-hydrogen) atoms. The van der Waals surface area contributed by atoms with Gasteiger partial charge in [-0.3, -0.25) is 4.79 Å². The molecular formula is C28H25F3N4O. The van der Waals surface area contributed by atoms with Crippen LogP contribution in [0.5, 0.6) is 0 Å². The molecule has 1 amide bonds. The maximum atomic E-state index is 13.1. The summed E-state index contributed by atoms with van der Waals surface area (Å²) in [4.78, 5) is 17.2. The van der Waals surface area contributed by atoms with Crippen LogP contribution in [0.4, 0.5) is 19.0 Å². The van der Waals surface area contributed by atoms with Crippen molar-refractivity contribution in [3.63, 3.8) is 0 Å². The lowest BCUT2D eigenvalue weighted by Crippen LogP contribution is -2.58. The molecule has 8 heteroatoms. The Morgan fingerprint density at radius 3 is 2.11 bits per heavy atom. The van der Waals surface area contributed by atoms with Gasteiger partial charge in [-0.05, 0) is 38.1 Å². The zero-order chi connectivity index (χ0) is 25.4. The third-order valence-electron chi connectivity index (χ3n) is 6.69. The van der Waals surface area contributed by atoms with Crippen molar-refractivity contribution >= 4 is 22.5 Å². The van der Waals surface area contributed by atoms with Crippen LogP contribution in [0.15, 0.2) is 78.9 Å². The number of halogens is 3. The first-order chi connectivity index (χ1) is 17.2. The van der Waals surface area contributed by atoms with Crippen molar-refractivity contribution in [2.45, 2.75) is 32.1 Å². The highest BCUT2D eigenvalue weighted by atomic mass is 19.4. The van der Waals surface area contributed by atoms with E-state index in [1.165, 1.54) is 12.1 Å². The van der Waals surface area contributed by atoms with Gasteiger partial charge < -0.3 is 9.80 Å². The van der Waals surface area contributed by atoms with Gasteiger partial charge in [-0.1, -0.05) is 54.6 Å². The van der Waals surface area contributed by atoms with Gasteiger partial charge >= 0.3 is 6.18 Å². The minimum absolute atomic E-state index is 0.00296. The van der Waals surface area contributed by atoms with E-state index in [1.807, 2.05) is 66.4 Å². The fourth-order valence-electron chi connectivity index (χ4n) is 4.78. The van der Waals surface area contributed by atoms with Gasteiger partial charge in [0.25, 0.3) is 5.91 Å². The monoisotopic (exact) mass is 490 g/mol. The fraction of sp³-hybridized carbons (Fsp3) is 0.250. The van der Waals surface area contributed by atoms with Crippen LogP contribution in [0.3, 0.4) is 0 Å². The summed E-state index contributed by atoms with van der Waals surface area (Å²) in [6.07, 6.45) is -4.40. The first kappa shape index (κ1) is 23.8. The van der Waals surface area contributed by atoms with Gasteiger partial charge in [0, 0.05) is 47.1 Å². The predicted octanol–water partition coefficient (Wildman–Crippen LogP) is 6.06. The van der Waals surface area contributed by atoms with Crippen LogP contribution in [0.1, 0.15) is 29.8 Å². The lowest BCUT2D eigenvalue weighted by Gasteiger charge is -2.44. The maximum Gasteiger partial charge on any atom is 0.416 e. The van der Waals surface area contributed by atoms with Crippen molar-refractivity contribution in [1.29, 1.82) is 0 Å². The Kier molecular flexibility index (Phi) is 6.12. The molecule has 0 aliphatic carbocycles. The van der Waals surface area contributed by atoms with Crippen LogP contribution >= 0.6 is 0 Å². The Morgan fingerprint density at radius 2 is 1.44 bits per heavy atom. The molecule has 3 aromatic carbocycles. The zero-order valence-electron chi connectivity index (χ0n) is 19.9. The van der Waals surface area contributed by atoms with Crippen molar-refractivity contribution in [2.75, 3.05) is 18.0 Å². The topological polar surface area (TPSA) is 49.3 Å². The average Bonchev–Trinajstić information content (AvgIpc) is 2.89. The Balaban J connectivity index is 1.47. The molecule has 1 aliphatic rings. The van der Waals surface area contributed by atoms with Gasteiger partial charge in [-0.25, -0.2) is 0 Å². The maximum absolute atomic E-state index is 13.1. The van der Waals surface area contributed by atoms with E-state index in [0.29, 0.717) is 35.7 Å². The molecule has 2 atom stereocenters. The SMILES string of the molecule is C[C@@H]1CN(c2nnc(-c3ccc(C(F)(F)F)cc3)c3ccccc23)[C@@H](C)CN1C(=O)c1ccccc1. The van der Waals surface area contributed by atoms with Crippen LogP contribution in [-0.2, 0) is 6.18 Å². The summed E-state index contributed by atoms with van der Waals surface area (Å²) in [6.45, 7) is 5.19. The largest absolute Gasteiger partial charge is 0.416 e. The second kappa shape index (κ2) is 9.26. The van der Waals surface area contributed by atoms with Crippen LogP contribution in [-0.4, -0.2) is 46.2 Å². The molecule has 184 valence electrons. The summed E-state index contributed by atoms with van der Waals surface area (Å²) in [5.74, 6) is 0.704. The molecule has 5 nitrogen and oxygen atoms in total. The molecule has 0 saturated carbocycles. The van der Waals surface area contributed by atoms with Crippen molar-refractivity contribution in [1.82, 2.24) is 15.1 Å². The Bertz CT molecular complexity index is 1390. The molecule has 1 saturated heterocycles. The third-order valence-corrected chi connectivity index (χ3v) is 6.69. The number of aromatic nitrogens is 2. The number of benzene rings is 3. The summed E-state index contributed by atoms with van der Waals surface area (Å²) in [6, 6.07) is 21.8. The van der Waals surface area contributed by atoms with E-state index < -0.39 is 11.7 Å². The number of piperazine rings is 1. The molecule has 1 fully saturated rings. The van der Waals surface area contributed by atoms with Gasteiger partial charge in [0.1, 0.15) is 5.69 Å². The normalized spacial score (nSPS) is 18.5. The van der Waals surface area contributed by atoms with Gasteiger partial charge in [0.15, 0.2) is 5.82 Å². The van der Waals surface area contributed by atoms with Gasteiger partial charge in [-0.15, -0.1) is 10.2 Å². The summed E-state index contributed by atoms with van der Waals surface area (Å²) in [5, 5.41) is 10.7. The van der Waals surface area contributed by atoms with Crippen molar-refractivity contribution in [3.8, 4) is 11.3 Å². The van der Waals surface area contributed by atoms with E-state index in [0.717, 1.165) is 22.9 Å². The van der Waals surface area contributed by atoms with Crippen LogP contribution in [0.2, 0.25) is 0 Å². The Labute approximate surface area is 207 Å². The minimum Gasteiger partial charge on any atom is -0.348 e. The van der Waals surface area contributed by atoms with Gasteiger partial charge in [0.05, 0.1) is 5.56 Å². The molecule has 1 aromatic heterocycles. The average molecular weight is 491 g/mol. The zero-order valence-corrected chi connectivity index (χ0v) is 19.9. The summed E-state index contributed by atoms with van der Waals surface area (Å²) < 4.78 is 39.1. The van der Waals surface area contributed by atoms with Gasteiger partial charge in [-0.2, -0.15) is 13.2 Å². The number of carbonyl (C=O) groups is 1. The highest BCUT2D eigenvalue weighted by Crippen LogP contribution is 2.35. The van der Waals surface area contributed by atoms with E-state index in [9.17, 15) is 18.0 Å². The second-order valence-electron chi connectivity index (χ2n) is 9.17. The highest BCUT2D eigenvalue weighted by molar-refractivity contribution is 6.00. The third kappa shape index (κ3) is 4.39. The van der Waals surface area contributed by atoms with Crippen molar-refractivity contribution in [3.05, 3.63) is 90.0 Å². The van der Waals surface area contributed by atoms with Gasteiger partial charge in [0.2, 0.25) is 0 Å². The smallest absolute Gasteiger partial charge is 0.348 e. The van der Waals surface area contributed by atoms with Crippen molar-refractivity contribution in [2.24, 2.45) is 0 Å². The number of hydrogen-bond donors (Lipinski definition) is 0. The molecular weight excluding hydrogens is 465 g/mol. The molecule has 0 unspecified atom stereocenters. The van der Waals surface area contributed by atoms with E-state index in [-0.39, 0.29) is 18.0 Å². The van der Waals surface area contributed by atoms with Crippen LogP contribution in [0.25, 0.3) is 22.0 Å². The number of fused-ring (bicyclic) bond motifs is 1. The summed E-state index contributed by atoms with van der Waals surface area (Å²) in [5.41, 5.74) is 1.06. The molecule has 5 rings (SSSR count). The minimum atomic E-state index is -4.40. The quantitative estimate of drug-likeness (QED) is 0.351. The number of alkyl halides is 3. The first-order valence-electron chi connectivity index (χ1n) is 11.8. The standard InChI is InChI=1S/C28H25F3N4O/c1-18-17-35(27(36)21-8-4-3-5-9-21)19(2)16-34(18)26-24-11-7-6-10-23(24)25(32-33-26)20-12-14-22(15-13-20)28(29,30)31/h3-15,18-19H,16-17H2,1-2H3/t18-,19+/m0/s1. The second-order valence-corrected chi connectivity index (χ2v) is 9.17. The van der Waals surface area contributed by atoms with Crippen LogP contribution < -0.4 is 4.90 Å². The highest BCUT2D eigenvalue weighted by Gasteiger charge is 2.34. The number of carbonyl (C=O) groups excluding carboxylic acids is 1. The van der Waals surface area contributed by atoms with E-state index >= 15 is 0 Å². The predicted molar refractivity (Wildman–Crippen MR) is 134 cm³/mol. The molecule has 0 N–H and O–H groups in total. The number of nitrogens with zero attached hydrogens (tertiary/aromatic N) is 4. The Morgan fingerprint density at radius 1 is 0.806 bits per heavy atom. The van der Waals surface area contributed by atoms with E-state index in [4.69, 9.17) is 0 Å². The van der Waals surface area contributed by atoms with E-state index in [1.54, 1.807) is 0 Å². The van der Waals surface area contributed by atoms with Crippen molar-refractivity contribution < 1.29 is 18.0 Å². The molecule has 0 bridgehead atoms. The molecule has 0 radical (unpaired) electrons. The summed E-state index contributed by atoms with van der Waals surface area (Å²) >= 11 is 0. The molecule has 0 spiro atoms. The molecule has 2 heterocycles. The fourth-order valence-corrected chi connectivity index (χ4v) is 4.78.